The van der Waals surface area contributed by atoms with Gasteiger partial charge in [0.2, 0.25) is 0 Å². The summed E-state index contributed by atoms with van der Waals surface area (Å²) >= 11 is 0. The molecule has 1 N–H and O–H groups in total. The monoisotopic (exact) mass is 528 g/mol. The maximum Gasteiger partial charge on any atom is 0.287 e. The third-order valence-corrected chi connectivity index (χ3v) is 6.27. The first-order chi connectivity index (χ1) is 18.9. The molecule has 8 nitrogen and oxygen atoms in total. The Morgan fingerprint density at radius 2 is 1.79 bits per heavy atom. The number of fused-ring (bicyclic) bond motifs is 1. The topological polar surface area (TPSA) is 98.1 Å². The van der Waals surface area contributed by atoms with E-state index in [9.17, 15) is 18.8 Å². The first-order valence-corrected chi connectivity index (χ1v) is 12.3. The van der Waals surface area contributed by atoms with Gasteiger partial charge in [0.25, 0.3) is 11.8 Å². The van der Waals surface area contributed by atoms with Crippen molar-refractivity contribution in [2.24, 2.45) is 0 Å². The summed E-state index contributed by atoms with van der Waals surface area (Å²) < 4.78 is 30.5. The Balaban J connectivity index is 1.28. The predicted octanol–water partition coefficient (Wildman–Crippen LogP) is 5.10. The lowest BCUT2D eigenvalue weighted by atomic mass is 10.1. The molecule has 2 amide bonds. The molecule has 3 aromatic carbocycles. The largest absolute Gasteiger partial charge is 0.482 e. The Morgan fingerprint density at radius 1 is 1.03 bits per heavy atom. The molecule has 39 heavy (non-hydrogen) atoms. The second-order valence-electron chi connectivity index (χ2n) is 8.97. The van der Waals surface area contributed by atoms with Crippen molar-refractivity contribution in [2.75, 3.05) is 18.1 Å². The summed E-state index contributed by atoms with van der Waals surface area (Å²) in [5.41, 5.74) is 1.60. The zero-order valence-electron chi connectivity index (χ0n) is 21.1. The quantitative estimate of drug-likeness (QED) is 0.304. The van der Waals surface area contributed by atoms with Crippen molar-refractivity contribution in [3.8, 4) is 11.5 Å². The highest BCUT2D eigenvalue weighted by Crippen LogP contribution is 2.34. The van der Waals surface area contributed by atoms with Crippen LogP contribution in [0, 0.1) is 5.82 Å². The molecule has 0 bridgehead atoms. The standard InChI is InChI=1S/C30H25FN2O6/c1-19(20-7-3-2-4-8-20)32-30(36)28-14-12-22(39-28)16-33-24-15-21(11-13-27(24)38-18-29(33)35)25(34)17-37-26-10-6-5-9-23(26)31/h2-15,19H,16-18H2,1H3,(H,32,36). The van der Waals surface area contributed by atoms with E-state index in [1.54, 1.807) is 30.3 Å². The number of carbonyl (C=O) groups is 3. The van der Waals surface area contributed by atoms with E-state index in [-0.39, 0.29) is 54.7 Å². The third-order valence-electron chi connectivity index (χ3n) is 6.27. The van der Waals surface area contributed by atoms with Crippen LogP contribution in [0.15, 0.2) is 89.3 Å². The number of nitrogens with one attached hydrogen (secondary N) is 1. The second-order valence-corrected chi connectivity index (χ2v) is 8.97. The predicted molar refractivity (Wildman–Crippen MR) is 140 cm³/mol. The molecule has 1 aliphatic heterocycles. The first kappa shape index (κ1) is 25.7. The molecular formula is C30H25FN2O6. The number of furan rings is 1. The molecule has 0 radical (unpaired) electrons. The smallest absolute Gasteiger partial charge is 0.287 e. The number of rotatable bonds is 9. The SMILES string of the molecule is CC(NC(=O)c1ccc(CN2C(=O)COc3ccc(C(=O)COc4ccccc4F)cc32)o1)c1ccccc1. The highest BCUT2D eigenvalue weighted by atomic mass is 19.1. The summed E-state index contributed by atoms with van der Waals surface area (Å²) in [5.74, 6) is -0.798. The fourth-order valence-electron chi connectivity index (χ4n) is 4.17. The molecule has 0 aliphatic carbocycles. The average Bonchev–Trinajstić information content (AvgIpc) is 3.43. The van der Waals surface area contributed by atoms with Gasteiger partial charge in [0.15, 0.2) is 36.3 Å². The van der Waals surface area contributed by atoms with Crippen molar-refractivity contribution < 1.29 is 32.7 Å². The third kappa shape index (κ3) is 5.82. The Hall–Kier alpha value is -4.92. The number of halogens is 1. The van der Waals surface area contributed by atoms with Crippen LogP contribution in [0.1, 0.15) is 45.2 Å². The van der Waals surface area contributed by atoms with E-state index in [4.69, 9.17) is 13.9 Å². The van der Waals surface area contributed by atoms with Gasteiger partial charge >= 0.3 is 0 Å². The van der Waals surface area contributed by atoms with Gasteiger partial charge in [-0.25, -0.2) is 4.39 Å². The van der Waals surface area contributed by atoms with Gasteiger partial charge in [-0.15, -0.1) is 0 Å². The number of nitrogens with zero attached hydrogens (tertiary/aromatic N) is 1. The Kier molecular flexibility index (Phi) is 7.40. The van der Waals surface area contributed by atoms with Crippen molar-refractivity contribution in [3.63, 3.8) is 0 Å². The van der Waals surface area contributed by atoms with Crippen molar-refractivity contribution in [2.45, 2.75) is 19.5 Å². The van der Waals surface area contributed by atoms with Crippen LogP contribution < -0.4 is 19.7 Å². The van der Waals surface area contributed by atoms with Crippen LogP contribution in [0.2, 0.25) is 0 Å². The number of benzene rings is 3. The molecule has 0 saturated heterocycles. The van der Waals surface area contributed by atoms with Gasteiger partial charge < -0.3 is 19.2 Å². The highest BCUT2D eigenvalue weighted by Gasteiger charge is 2.28. The average molecular weight is 529 g/mol. The summed E-state index contributed by atoms with van der Waals surface area (Å²) in [7, 11) is 0. The van der Waals surface area contributed by atoms with Crippen molar-refractivity contribution in [3.05, 3.63) is 113 Å². The number of anilines is 1. The molecule has 2 heterocycles. The molecule has 1 atom stereocenters. The lowest BCUT2D eigenvalue weighted by Crippen LogP contribution is -2.38. The number of ether oxygens (including phenoxy) is 2. The van der Waals surface area contributed by atoms with Crippen LogP contribution in [0.3, 0.4) is 0 Å². The minimum absolute atomic E-state index is 0.0279. The Bertz CT molecular complexity index is 1520. The van der Waals surface area contributed by atoms with Gasteiger partial charge in [0.1, 0.15) is 11.5 Å². The maximum atomic E-state index is 13.8. The van der Waals surface area contributed by atoms with Crippen LogP contribution in [0.25, 0.3) is 0 Å². The van der Waals surface area contributed by atoms with Gasteiger partial charge in [0, 0.05) is 5.56 Å². The summed E-state index contributed by atoms with van der Waals surface area (Å²) in [6, 6.07) is 23.0. The van der Waals surface area contributed by atoms with Crippen molar-refractivity contribution in [1.82, 2.24) is 5.32 Å². The van der Waals surface area contributed by atoms with E-state index in [0.717, 1.165) is 5.56 Å². The Morgan fingerprint density at radius 3 is 2.59 bits per heavy atom. The van der Waals surface area contributed by atoms with Gasteiger partial charge in [-0.3, -0.25) is 19.3 Å². The minimum atomic E-state index is -0.568. The van der Waals surface area contributed by atoms with Crippen LogP contribution in [0.4, 0.5) is 10.1 Å². The van der Waals surface area contributed by atoms with E-state index in [1.165, 1.54) is 29.2 Å². The highest BCUT2D eigenvalue weighted by molar-refractivity contribution is 6.02. The number of amides is 2. The first-order valence-electron chi connectivity index (χ1n) is 12.3. The van der Waals surface area contributed by atoms with Crippen LogP contribution in [-0.2, 0) is 11.3 Å². The van der Waals surface area contributed by atoms with E-state index in [0.29, 0.717) is 17.2 Å². The number of Topliss-reactive ketones (excluding diaryl/α,β-unsaturated/α-hetero) is 1. The maximum absolute atomic E-state index is 13.8. The van der Waals surface area contributed by atoms with Crippen LogP contribution >= 0.6 is 0 Å². The van der Waals surface area contributed by atoms with Crippen LogP contribution in [-0.4, -0.2) is 30.8 Å². The second kappa shape index (κ2) is 11.2. The summed E-state index contributed by atoms with van der Waals surface area (Å²) in [6.07, 6.45) is 0. The summed E-state index contributed by atoms with van der Waals surface area (Å²) in [5, 5.41) is 2.89. The van der Waals surface area contributed by atoms with Crippen molar-refractivity contribution in [1.29, 1.82) is 0 Å². The van der Waals surface area contributed by atoms with E-state index in [1.807, 2.05) is 37.3 Å². The summed E-state index contributed by atoms with van der Waals surface area (Å²) in [4.78, 5) is 39.7. The van der Waals surface area contributed by atoms with Gasteiger partial charge in [-0.2, -0.15) is 0 Å². The lowest BCUT2D eigenvalue weighted by molar-refractivity contribution is -0.121. The zero-order chi connectivity index (χ0) is 27.4. The molecule has 0 spiro atoms. The van der Waals surface area contributed by atoms with E-state index >= 15 is 0 Å². The van der Waals surface area contributed by atoms with Gasteiger partial charge in [0.05, 0.1) is 18.3 Å². The molecule has 198 valence electrons. The zero-order valence-corrected chi connectivity index (χ0v) is 21.1. The molecular weight excluding hydrogens is 503 g/mol. The fraction of sp³-hybridized carbons (Fsp3) is 0.167. The van der Waals surface area contributed by atoms with E-state index in [2.05, 4.69) is 5.32 Å². The Labute approximate surface area is 223 Å². The summed E-state index contributed by atoms with van der Waals surface area (Å²) in [6.45, 7) is 1.34. The molecule has 0 saturated carbocycles. The fourth-order valence-corrected chi connectivity index (χ4v) is 4.17. The number of hydrogen-bond donors (Lipinski definition) is 1. The molecule has 9 heteroatoms. The van der Waals surface area contributed by atoms with Gasteiger partial charge in [-0.1, -0.05) is 42.5 Å². The molecule has 4 aromatic rings. The normalized spacial score (nSPS) is 13.3. The van der Waals surface area contributed by atoms with Crippen LogP contribution in [0.5, 0.6) is 11.5 Å². The molecule has 1 aromatic heterocycles. The number of carbonyl (C=O) groups excluding carboxylic acids is 3. The van der Waals surface area contributed by atoms with Gasteiger partial charge in [-0.05, 0) is 55.0 Å². The lowest BCUT2D eigenvalue weighted by Gasteiger charge is -2.29. The molecule has 0 fully saturated rings. The number of para-hydroxylation sites is 1. The minimum Gasteiger partial charge on any atom is -0.482 e. The van der Waals surface area contributed by atoms with Crippen molar-refractivity contribution >= 4 is 23.3 Å². The molecule has 5 rings (SSSR count). The number of hydrogen-bond acceptors (Lipinski definition) is 6. The number of ketones is 1. The van der Waals surface area contributed by atoms with E-state index < -0.39 is 11.6 Å². The molecule has 1 aliphatic rings. The molecule has 1 unspecified atom stereocenters.